The molecule has 1 aromatic rings. The van der Waals surface area contributed by atoms with E-state index in [2.05, 4.69) is 9.62 Å². The lowest BCUT2D eigenvalue weighted by molar-refractivity contribution is 0.0656. The van der Waals surface area contributed by atoms with Crippen molar-refractivity contribution in [3.05, 3.63) is 16.3 Å². The number of rotatable bonds is 6. The van der Waals surface area contributed by atoms with Gasteiger partial charge in [0.25, 0.3) is 0 Å². The Kier molecular flexibility index (Phi) is 4.19. The van der Waals surface area contributed by atoms with Gasteiger partial charge < -0.3 is 10.0 Å². The Labute approximate surface area is 122 Å². The number of nitrogens with zero attached hydrogens (tertiary/aromatic N) is 1. The van der Waals surface area contributed by atoms with Gasteiger partial charge in [-0.05, 0) is 39.4 Å². The van der Waals surface area contributed by atoms with Gasteiger partial charge in [0.05, 0.1) is 4.90 Å². The molecule has 1 fully saturated rings. The highest BCUT2D eigenvalue weighted by Crippen LogP contribution is 2.35. The maximum atomic E-state index is 12.2. The first kappa shape index (κ1) is 15.4. The number of thiophene rings is 1. The monoisotopic (exact) mass is 318 g/mol. The Hall–Kier alpha value is -0.960. The molecule has 1 heterocycles. The fraction of sp³-hybridized carbons (Fsp3) is 0.583. The number of carboxylic acid groups (broad SMARTS) is 1. The minimum atomic E-state index is -3.65. The van der Waals surface area contributed by atoms with E-state index in [4.69, 9.17) is 5.11 Å². The van der Waals surface area contributed by atoms with Gasteiger partial charge in [0.1, 0.15) is 4.88 Å². The van der Waals surface area contributed by atoms with Crippen LogP contribution in [0.1, 0.15) is 28.9 Å². The first-order valence-electron chi connectivity index (χ1n) is 6.26. The molecule has 0 bridgehead atoms. The van der Waals surface area contributed by atoms with Gasteiger partial charge in [-0.25, -0.2) is 17.9 Å². The van der Waals surface area contributed by atoms with Gasteiger partial charge >= 0.3 is 5.97 Å². The van der Waals surface area contributed by atoms with Crippen molar-refractivity contribution in [3.63, 3.8) is 0 Å². The zero-order valence-corrected chi connectivity index (χ0v) is 13.1. The number of carbonyl (C=O) groups is 1. The lowest BCUT2D eigenvalue weighted by atomic mass is 9.76. The SMILES string of the molecule is CN(C)C1(CNS(=O)(=O)c2csc(C(=O)O)c2)CCC1. The van der Waals surface area contributed by atoms with Crippen LogP contribution in [0.2, 0.25) is 0 Å². The zero-order valence-electron chi connectivity index (χ0n) is 11.4. The zero-order chi connectivity index (χ0) is 15.0. The van der Waals surface area contributed by atoms with Crippen LogP contribution in [0.5, 0.6) is 0 Å². The first-order valence-corrected chi connectivity index (χ1v) is 8.62. The van der Waals surface area contributed by atoms with Gasteiger partial charge in [0.15, 0.2) is 0 Å². The summed E-state index contributed by atoms with van der Waals surface area (Å²) in [5.74, 6) is -1.11. The van der Waals surface area contributed by atoms with Gasteiger partial charge in [-0.15, -0.1) is 11.3 Å². The quantitative estimate of drug-likeness (QED) is 0.823. The molecule has 0 saturated heterocycles. The molecule has 6 nitrogen and oxygen atoms in total. The highest BCUT2D eigenvalue weighted by Gasteiger charge is 2.39. The second kappa shape index (κ2) is 5.44. The highest BCUT2D eigenvalue weighted by molar-refractivity contribution is 7.89. The maximum Gasteiger partial charge on any atom is 0.345 e. The third-order valence-electron chi connectivity index (χ3n) is 3.92. The fourth-order valence-corrected chi connectivity index (χ4v) is 4.48. The molecule has 0 aliphatic heterocycles. The van der Waals surface area contributed by atoms with Crippen LogP contribution in [0.15, 0.2) is 16.3 Å². The Morgan fingerprint density at radius 1 is 1.50 bits per heavy atom. The third kappa shape index (κ3) is 2.88. The van der Waals surface area contributed by atoms with Gasteiger partial charge in [0.2, 0.25) is 10.0 Å². The highest BCUT2D eigenvalue weighted by atomic mass is 32.2. The van der Waals surface area contributed by atoms with E-state index in [0.29, 0.717) is 6.54 Å². The van der Waals surface area contributed by atoms with Crippen molar-refractivity contribution < 1.29 is 18.3 Å². The molecule has 112 valence electrons. The van der Waals surface area contributed by atoms with Crippen LogP contribution < -0.4 is 4.72 Å². The van der Waals surface area contributed by atoms with Crippen molar-refractivity contribution in [1.82, 2.24) is 9.62 Å². The van der Waals surface area contributed by atoms with E-state index in [1.807, 2.05) is 14.1 Å². The molecular formula is C12H18N2O4S2. The van der Waals surface area contributed by atoms with Crippen molar-refractivity contribution in [2.75, 3.05) is 20.6 Å². The summed E-state index contributed by atoms with van der Waals surface area (Å²) < 4.78 is 26.9. The predicted octanol–water partition coefficient (Wildman–Crippen LogP) is 1.21. The molecule has 1 saturated carbocycles. The van der Waals surface area contributed by atoms with Gasteiger partial charge in [-0.2, -0.15) is 0 Å². The van der Waals surface area contributed by atoms with E-state index in [9.17, 15) is 13.2 Å². The first-order chi connectivity index (χ1) is 9.27. The molecule has 1 aromatic heterocycles. The summed E-state index contributed by atoms with van der Waals surface area (Å²) in [6, 6.07) is 1.19. The van der Waals surface area contributed by atoms with E-state index in [0.717, 1.165) is 30.6 Å². The van der Waals surface area contributed by atoms with Crippen LogP contribution in [0.3, 0.4) is 0 Å². The van der Waals surface area contributed by atoms with Gasteiger partial charge in [-0.3, -0.25) is 0 Å². The van der Waals surface area contributed by atoms with E-state index in [1.165, 1.54) is 11.4 Å². The Morgan fingerprint density at radius 2 is 2.15 bits per heavy atom. The molecular weight excluding hydrogens is 300 g/mol. The van der Waals surface area contributed by atoms with E-state index >= 15 is 0 Å². The Bertz CT molecular complexity index is 603. The van der Waals surface area contributed by atoms with Crippen LogP contribution in [-0.4, -0.2) is 50.6 Å². The largest absolute Gasteiger partial charge is 0.477 e. The smallest absolute Gasteiger partial charge is 0.345 e. The summed E-state index contributed by atoms with van der Waals surface area (Å²) in [5.41, 5.74) is -0.112. The van der Waals surface area contributed by atoms with Gasteiger partial charge in [-0.1, -0.05) is 0 Å². The molecule has 0 atom stereocenters. The lowest BCUT2D eigenvalue weighted by Gasteiger charge is -2.47. The van der Waals surface area contributed by atoms with Crippen LogP contribution in [0.4, 0.5) is 0 Å². The minimum absolute atomic E-state index is 0.0214. The second-order valence-corrected chi connectivity index (χ2v) is 7.93. The standard InChI is InChI=1S/C12H18N2O4S2/c1-14(2)12(4-3-5-12)8-13-20(17,18)9-6-10(11(15)16)19-7-9/h6-7,13H,3-5,8H2,1-2H3,(H,15,16). The predicted molar refractivity (Wildman–Crippen MR) is 76.7 cm³/mol. The Morgan fingerprint density at radius 3 is 2.55 bits per heavy atom. The van der Waals surface area contributed by atoms with E-state index < -0.39 is 16.0 Å². The fourth-order valence-electron chi connectivity index (χ4n) is 2.25. The average molecular weight is 318 g/mol. The van der Waals surface area contributed by atoms with Gasteiger partial charge in [0, 0.05) is 17.5 Å². The van der Waals surface area contributed by atoms with Crippen LogP contribution in [-0.2, 0) is 10.0 Å². The van der Waals surface area contributed by atoms with Crippen molar-refractivity contribution in [1.29, 1.82) is 0 Å². The molecule has 1 aliphatic rings. The van der Waals surface area contributed by atoms with E-state index in [1.54, 1.807) is 0 Å². The number of hydrogen-bond donors (Lipinski definition) is 2. The lowest BCUT2D eigenvalue weighted by Crippen LogP contribution is -2.57. The van der Waals surface area contributed by atoms with Crippen LogP contribution in [0.25, 0.3) is 0 Å². The molecule has 0 aromatic carbocycles. The summed E-state index contributed by atoms with van der Waals surface area (Å²) in [4.78, 5) is 12.9. The molecule has 0 amide bonds. The summed E-state index contributed by atoms with van der Waals surface area (Å²) in [6.07, 6.45) is 3.03. The summed E-state index contributed by atoms with van der Waals surface area (Å²) in [7, 11) is 0.245. The molecule has 0 radical (unpaired) electrons. The molecule has 8 heteroatoms. The molecule has 1 aliphatic carbocycles. The normalized spacial score (nSPS) is 17.9. The maximum absolute atomic E-state index is 12.2. The minimum Gasteiger partial charge on any atom is -0.477 e. The van der Waals surface area contributed by atoms with Crippen molar-refractivity contribution >= 4 is 27.3 Å². The topological polar surface area (TPSA) is 86.7 Å². The number of aromatic carboxylic acids is 1. The number of likely N-dealkylation sites (N-methyl/N-ethyl adjacent to an activating group) is 1. The molecule has 2 rings (SSSR count). The summed E-state index contributed by atoms with van der Waals surface area (Å²) >= 11 is 0.915. The van der Waals surface area contributed by atoms with Crippen LogP contribution >= 0.6 is 11.3 Å². The third-order valence-corrected chi connectivity index (χ3v) is 6.37. The molecule has 2 N–H and O–H groups in total. The van der Waals surface area contributed by atoms with E-state index in [-0.39, 0.29) is 15.3 Å². The number of hydrogen-bond acceptors (Lipinski definition) is 5. The molecule has 20 heavy (non-hydrogen) atoms. The average Bonchev–Trinajstić information content (AvgIpc) is 2.76. The number of nitrogens with one attached hydrogen (secondary N) is 1. The summed E-state index contributed by atoms with van der Waals surface area (Å²) in [5, 5.41) is 10.2. The van der Waals surface area contributed by atoms with Crippen molar-refractivity contribution in [2.24, 2.45) is 0 Å². The summed E-state index contributed by atoms with van der Waals surface area (Å²) in [6.45, 7) is 0.348. The number of sulfonamides is 1. The molecule has 0 spiro atoms. The Balaban J connectivity index is 2.09. The molecule has 0 unspecified atom stereocenters. The van der Waals surface area contributed by atoms with Crippen LogP contribution in [0, 0.1) is 0 Å². The number of carboxylic acids is 1. The van der Waals surface area contributed by atoms with Crippen molar-refractivity contribution in [2.45, 2.75) is 29.7 Å². The van der Waals surface area contributed by atoms with Crippen molar-refractivity contribution in [3.8, 4) is 0 Å². The second-order valence-electron chi connectivity index (χ2n) is 5.25.